The maximum absolute atomic E-state index is 12.0. The van der Waals surface area contributed by atoms with Crippen LogP contribution in [-0.2, 0) is 4.79 Å². The van der Waals surface area contributed by atoms with Gasteiger partial charge in [0.15, 0.2) is 0 Å². The first-order valence-electron chi connectivity index (χ1n) is 5.48. The van der Waals surface area contributed by atoms with Crippen molar-refractivity contribution >= 4 is 29.1 Å². The molecule has 1 unspecified atom stereocenters. The average Bonchev–Trinajstić information content (AvgIpc) is 2.28. The Morgan fingerprint density at radius 1 is 1.33 bits per heavy atom. The van der Waals surface area contributed by atoms with Crippen molar-refractivity contribution in [3.63, 3.8) is 0 Å². The summed E-state index contributed by atoms with van der Waals surface area (Å²) in [5, 5.41) is 2.95. The lowest BCUT2D eigenvalue weighted by Gasteiger charge is -2.19. The molecule has 0 radical (unpaired) electrons. The Morgan fingerprint density at radius 2 is 1.94 bits per heavy atom. The number of nitrogens with one attached hydrogen (secondary N) is 1. The molecule has 98 valence electrons. The third kappa shape index (κ3) is 3.37. The minimum atomic E-state index is -0.740. The van der Waals surface area contributed by atoms with Gasteiger partial charge in [-0.15, -0.1) is 0 Å². The number of nitrogens with two attached hydrogens (primary N) is 2. The highest BCUT2D eigenvalue weighted by atomic mass is 35.5. The Morgan fingerprint density at radius 3 is 2.44 bits per heavy atom. The van der Waals surface area contributed by atoms with Crippen molar-refractivity contribution in [2.24, 2.45) is 11.7 Å². The van der Waals surface area contributed by atoms with Gasteiger partial charge in [-0.25, -0.2) is 0 Å². The second kappa shape index (κ2) is 5.73. The van der Waals surface area contributed by atoms with E-state index in [1.807, 2.05) is 0 Å². The number of carbonyl (C=O) groups excluding carboxylic acids is 2. The van der Waals surface area contributed by atoms with Crippen LogP contribution in [0.2, 0.25) is 5.02 Å². The summed E-state index contributed by atoms with van der Waals surface area (Å²) in [7, 11) is 0. The highest BCUT2D eigenvalue weighted by molar-refractivity contribution is 6.31. The second-order valence-corrected chi connectivity index (χ2v) is 4.77. The van der Waals surface area contributed by atoms with Crippen molar-refractivity contribution in [3.8, 4) is 0 Å². The molecule has 1 rings (SSSR count). The Balaban J connectivity index is 2.94. The van der Waals surface area contributed by atoms with E-state index in [1.54, 1.807) is 19.9 Å². The molecule has 5 nitrogen and oxygen atoms in total. The van der Waals surface area contributed by atoms with Gasteiger partial charge in [0.25, 0.3) is 5.91 Å². The lowest BCUT2D eigenvalue weighted by atomic mass is 10.0. The van der Waals surface area contributed by atoms with Crippen LogP contribution in [0.25, 0.3) is 0 Å². The fraction of sp³-hybridized carbons (Fsp3) is 0.333. The third-order valence-corrected chi connectivity index (χ3v) is 2.75. The summed E-state index contributed by atoms with van der Waals surface area (Å²) in [5.41, 5.74) is 11.4. The van der Waals surface area contributed by atoms with Crippen LogP contribution < -0.4 is 16.8 Å². The molecule has 5 N–H and O–H groups in total. The van der Waals surface area contributed by atoms with Crippen LogP contribution >= 0.6 is 11.6 Å². The van der Waals surface area contributed by atoms with E-state index in [-0.39, 0.29) is 11.5 Å². The average molecular weight is 270 g/mol. The van der Waals surface area contributed by atoms with Gasteiger partial charge in [-0.05, 0) is 24.1 Å². The van der Waals surface area contributed by atoms with Crippen molar-refractivity contribution in [1.82, 2.24) is 5.32 Å². The van der Waals surface area contributed by atoms with Crippen molar-refractivity contribution < 1.29 is 9.59 Å². The van der Waals surface area contributed by atoms with Crippen molar-refractivity contribution in [1.29, 1.82) is 0 Å². The molecule has 0 heterocycles. The summed E-state index contributed by atoms with van der Waals surface area (Å²) in [6.45, 7) is 3.58. The van der Waals surface area contributed by atoms with E-state index in [0.29, 0.717) is 10.7 Å². The number of nitrogen functional groups attached to an aromatic ring is 1. The summed E-state index contributed by atoms with van der Waals surface area (Å²) < 4.78 is 0. The zero-order chi connectivity index (χ0) is 13.9. The zero-order valence-corrected chi connectivity index (χ0v) is 11.0. The van der Waals surface area contributed by atoms with Crippen LogP contribution in [0.4, 0.5) is 5.69 Å². The van der Waals surface area contributed by atoms with Gasteiger partial charge in [0.2, 0.25) is 5.91 Å². The second-order valence-electron chi connectivity index (χ2n) is 4.33. The molecular weight excluding hydrogens is 254 g/mol. The molecule has 1 aromatic carbocycles. The van der Waals surface area contributed by atoms with Crippen LogP contribution in [0.3, 0.4) is 0 Å². The van der Waals surface area contributed by atoms with Gasteiger partial charge in [-0.1, -0.05) is 25.4 Å². The van der Waals surface area contributed by atoms with E-state index in [1.165, 1.54) is 12.1 Å². The van der Waals surface area contributed by atoms with E-state index in [0.717, 1.165) is 0 Å². The smallest absolute Gasteiger partial charge is 0.254 e. The predicted octanol–water partition coefficient (Wildman–Crippen LogP) is 1.16. The van der Waals surface area contributed by atoms with E-state index in [9.17, 15) is 9.59 Å². The van der Waals surface area contributed by atoms with Crippen LogP contribution in [0.15, 0.2) is 18.2 Å². The Kier molecular flexibility index (Phi) is 4.55. The number of primary amides is 1. The van der Waals surface area contributed by atoms with E-state index >= 15 is 0 Å². The lowest BCUT2D eigenvalue weighted by Crippen LogP contribution is -2.47. The zero-order valence-electron chi connectivity index (χ0n) is 10.2. The summed E-state index contributed by atoms with van der Waals surface area (Å²) >= 11 is 5.80. The van der Waals surface area contributed by atoms with Gasteiger partial charge in [0.1, 0.15) is 6.04 Å². The molecule has 1 atom stereocenters. The number of carbonyl (C=O) groups is 2. The highest BCUT2D eigenvalue weighted by Gasteiger charge is 2.23. The molecule has 0 spiro atoms. The molecular formula is C12H16ClN3O2. The summed E-state index contributed by atoms with van der Waals surface area (Å²) in [6, 6.07) is 3.83. The summed E-state index contributed by atoms with van der Waals surface area (Å²) in [4.78, 5) is 23.2. The number of hydrogen-bond donors (Lipinski definition) is 3. The fourth-order valence-corrected chi connectivity index (χ4v) is 1.68. The Bertz CT molecular complexity index is 474. The standard InChI is InChI=1S/C12H16ClN3O2/c1-6(2)10(11(15)17)16-12(18)8-5-7(13)3-4-9(8)14/h3-6,10H,14H2,1-2H3,(H2,15,17)(H,16,18). The highest BCUT2D eigenvalue weighted by Crippen LogP contribution is 2.18. The van der Waals surface area contributed by atoms with E-state index in [2.05, 4.69) is 5.32 Å². The quantitative estimate of drug-likeness (QED) is 0.716. The molecule has 0 saturated heterocycles. The monoisotopic (exact) mass is 269 g/mol. The van der Waals surface area contributed by atoms with E-state index in [4.69, 9.17) is 23.1 Å². The Hall–Kier alpha value is -1.75. The Labute approximate surface area is 110 Å². The van der Waals surface area contributed by atoms with Gasteiger partial charge in [-0.3, -0.25) is 9.59 Å². The maximum atomic E-state index is 12.0. The molecule has 2 amide bonds. The molecule has 0 aliphatic carbocycles. The maximum Gasteiger partial charge on any atom is 0.254 e. The fourth-order valence-electron chi connectivity index (χ4n) is 1.51. The molecule has 0 fully saturated rings. The largest absolute Gasteiger partial charge is 0.398 e. The van der Waals surface area contributed by atoms with Crippen molar-refractivity contribution in [2.75, 3.05) is 5.73 Å². The predicted molar refractivity (Wildman–Crippen MR) is 71.2 cm³/mol. The third-order valence-electron chi connectivity index (χ3n) is 2.52. The van der Waals surface area contributed by atoms with Gasteiger partial charge in [0, 0.05) is 10.7 Å². The molecule has 18 heavy (non-hydrogen) atoms. The first-order chi connectivity index (χ1) is 8.32. The number of amides is 2. The first kappa shape index (κ1) is 14.3. The minimum Gasteiger partial charge on any atom is -0.398 e. The van der Waals surface area contributed by atoms with E-state index < -0.39 is 17.9 Å². The molecule has 0 aliphatic rings. The van der Waals surface area contributed by atoms with Crippen LogP contribution in [0.5, 0.6) is 0 Å². The topological polar surface area (TPSA) is 98.2 Å². The molecule has 0 bridgehead atoms. The van der Waals surface area contributed by atoms with Crippen molar-refractivity contribution in [2.45, 2.75) is 19.9 Å². The molecule has 6 heteroatoms. The SMILES string of the molecule is CC(C)C(NC(=O)c1cc(Cl)ccc1N)C(N)=O. The van der Waals surface area contributed by atoms with Gasteiger partial charge >= 0.3 is 0 Å². The number of rotatable bonds is 4. The molecule has 1 aromatic rings. The van der Waals surface area contributed by atoms with Crippen LogP contribution in [0.1, 0.15) is 24.2 Å². The van der Waals surface area contributed by atoms with Gasteiger partial charge in [-0.2, -0.15) is 0 Å². The lowest BCUT2D eigenvalue weighted by molar-refractivity contribution is -0.120. The number of halogens is 1. The normalized spacial score (nSPS) is 12.2. The molecule has 0 aliphatic heterocycles. The van der Waals surface area contributed by atoms with Gasteiger partial charge in [0.05, 0.1) is 5.56 Å². The first-order valence-corrected chi connectivity index (χ1v) is 5.86. The number of anilines is 1. The number of hydrogen-bond acceptors (Lipinski definition) is 3. The van der Waals surface area contributed by atoms with Gasteiger partial charge < -0.3 is 16.8 Å². The molecule has 0 saturated carbocycles. The summed E-state index contributed by atoms with van der Waals surface area (Å²) in [6.07, 6.45) is 0. The van der Waals surface area contributed by atoms with Crippen LogP contribution in [-0.4, -0.2) is 17.9 Å². The number of benzene rings is 1. The summed E-state index contributed by atoms with van der Waals surface area (Å²) in [5.74, 6) is -1.15. The van der Waals surface area contributed by atoms with Crippen LogP contribution in [0, 0.1) is 5.92 Å². The molecule has 0 aromatic heterocycles. The van der Waals surface area contributed by atoms with Crippen molar-refractivity contribution in [3.05, 3.63) is 28.8 Å². The minimum absolute atomic E-state index is 0.105.